The Kier molecular flexibility index (Phi) is 9.08. The number of rotatable bonds is 10. The van der Waals surface area contributed by atoms with Crippen LogP contribution in [0.4, 0.5) is 8.78 Å². The maximum absolute atomic E-state index is 13.6. The van der Waals surface area contributed by atoms with Gasteiger partial charge in [0.1, 0.15) is 17.2 Å². The molecule has 280 valence electrons. The van der Waals surface area contributed by atoms with Crippen molar-refractivity contribution in [1.82, 2.24) is 40.1 Å². The maximum atomic E-state index is 13.6. The number of carbonyl (C=O) groups is 2. The fraction of sp³-hybridized carbons (Fsp3) is 0.312. The predicted molar refractivity (Wildman–Crippen MR) is 169 cm³/mol. The lowest BCUT2D eigenvalue weighted by Crippen LogP contribution is -2.31. The zero-order valence-corrected chi connectivity index (χ0v) is 28.2. The molecule has 0 aliphatic heterocycles. The Morgan fingerprint density at radius 3 is 1.67 bits per heavy atom. The lowest BCUT2D eigenvalue weighted by atomic mass is 9.83. The van der Waals surface area contributed by atoms with E-state index in [9.17, 15) is 28.0 Å². The van der Waals surface area contributed by atoms with Gasteiger partial charge in [0.25, 0.3) is 11.8 Å². The molecule has 0 saturated heterocycles. The van der Waals surface area contributed by atoms with Crippen LogP contribution in [0.25, 0.3) is 23.0 Å². The molecule has 4 heterocycles. The Morgan fingerprint density at radius 2 is 1.22 bits per heavy atom. The Bertz CT molecular complexity index is 2490. The van der Waals surface area contributed by atoms with Crippen molar-refractivity contribution in [1.29, 1.82) is 0 Å². The number of fused-ring (bicyclic) bond motifs is 2. The summed E-state index contributed by atoms with van der Waals surface area (Å²) in [6.45, 7) is 4.04. The number of carboxylic acids is 1. The number of carboxylic acid groups (broad SMARTS) is 1. The third kappa shape index (κ3) is 6.95. The van der Waals surface area contributed by atoms with Crippen LogP contribution in [-0.2, 0) is 27.2 Å². The Hall–Kier alpha value is -7.00. The minimum absolute atomic E-state index is 0.00431. The zero-order valence-electron chi connectivity index (χ0n) is 28.2. The molecule has 0 amide bonds. The molecule has 0 radical (unpaired) electrons. The minimum Gasteiger partial charge on any atom is -0.479 e. The molecule has 2 aliphatic rings. The van der Waals surface area contributed by atoms with Gasteiger partial charge in [-0.3, -0.25) is 9.05 Å². The number of aromatic nitrogens is 8. The second kappa shape index (κ2) is 13.9. The fourth-order valence-electron chi connectivity index (χ4n) is 5.79. The summed E-state index contributed by atoms with van der Waals surface area (Å²) in [5.74, 6) is -4.67. The van der Waals surface area contributed by atoms with Gasteiger partial charge in [0, 0.05) is 0 Å². The number of ether oxygens (including phenoxy) is 3. The second-order valence-corrected chi connectivity index (χ2v) is 12.8. The topological polar surface area (TPSA) is 256 Å². The van der Waals surface area contributed by atoms with Gasteiger partial charge < -0.3 is 19.3 Å². The molecular formula is C32H26F2N8O12. The molecule has 2 aromatic carbocycles. The van der Waals surface area contributed by atoms with E-state index in [-0.39, 0.29) is 34.8 Å². The van der Waals surface area contributed by atoms with E-state index in [4.69, 9.17) is 23.8 Å². The van der Waals surface area contributed by atoms with Crippen LogP contribution in [0.2, 0.25) is 0 Å². The van der Waals surface area contributed by atoms with Crippen molar-refractivity contribution >= 4 is 11.9 Å². The molecule has 2 unspecified atom stereocenters. The van der Waals surface area contributed by atoms with E-state index in [0.717, 1.165) is 11.1 Å². The number of nitrogens with zero attached hydrogens (tertiary/aromatic N) is 8. The largest absolute Gasteiger partial charge is 0.479 e. The van der Waals surface area contributed by atoms with E-state index in [0.29, 0.717) is 24.0 Å². The van der Waals surface area contributed by atoms with Crippen molar-refractivity contribution in [2.45, 2.75) is 51.3 Å². The molecular weight excluding hydrogens is 726 g/mol. The first-order chi connectivity index (χ1) is 25.8. The highest BCUT2D eigenvalue weighted by Crippen LogP contribution is 2.40. The van der Waals surface area contributed by atoms with E-state index >= 15 is 0 Å². The summed E-state index contributed by atoms with van der Waals surface area (Å²) in [7, 11) is 0. The Labute approximate surface area is 298 Å². The highest BCUT2D eigenvalue weighted by Gasteiger charge is 2.36. The van der Waals surface area contributed by atoms with Gasteiger partial charge in [-0.25, -0.2) is 46.4 Å². The molecule has 2 aliphatic carbocycles. The summed E-state index contributed by atoms with van der Waals surface area (Å²) in [5, 5.41) is 30.4. The van der Waals surface area contributed by atoms with E-state index < -0.39 is 66.0 Å². The number of hydrogen-bond donors (Lipinski definition) is 1. The van der Waals surface area contributed by atoms with Gasteiger partial charge >= 0.3 is 23.5 Å². The lowest BCUT2D eigenvalue weighted by Gasteiger charge is -2.30. The van der Waals surface area contributed by atoms with Crippen LogP contribution in [0, 0.1) is 11.6 Å². The second-order valence-electron chi connectivity index (χ2n) is 12.8. The molecule has 8 rings (SSSR count). The number of esters is 1. The monoisotopic (exact) mass is 752 g/mol. The molecule has 54 heavy (non-hydrogen) atoms. The molecule has 0 spiro atoms. The van der Waals surface area contributed by atoms with Crippen LogP contribution in [0.15, 0.2) is 64.3 Å². The zero-order chi connectivity index (χ0) is 38.3. The van der Waals surface area contributed by atoms with Crippen molar-refractivity contribution in [3.63, 3.8) is 0 Å². The number of carbonyl (C=O) groups excluding carboxylic acids is 1. The number of aliphatic carboxylic acids is 1. The molecule has 0 bridgehead atoms. The van der Waals surface area contributed by atoms with Crippen LogP contribution in [-0.4, -0.2) is 75.9 Å². The SMILES string of the molecule is CC(C)(C)OC(=O)COc1nonc1-c1noc(=O)n1C1Cc2ccc(F)cc21.O=C(O)COc1nonc1-c1noc(=O)n1C1Cc2ccc(F)cc21. The van der Waals surface area contributed by atoms with Gasteiger partial charge in [-0.2, -0.15) is 0 Å². The molecule has 2 atom stereocenters. The first kappa shape index (κ1) is 35.4. The van der Waals surface area contributed by atoms with Crippen LogP contribution in [0.5, 0.6) is 11.8 Å². The van der Waals surface area contributed by atoms with Gasteiger partial charge in [-0.15, -0.1) is 0 Å². The van der Waals surface area contributed by atoms with Gasteiger partial charge in [0.15, 0.2) is 13.2 Å². The fourth-order valence-corrected chi connectivity index (χ4v) is 5.79. The molecule has 0 saturated carbocycles. The standard InChI is InChI=1S/C18H17FN4O6.C14H9FN4O6/c1-18(2,3)27-13(24)8-26-16-14(20-29-22-16)15-21-28-17(25)23(15)12-6-9-4-5-10(19)7-11(9)12;15-7-2-1-6-3-9(8(6)4-7)19-12(17-24-14(19)22)11-13(18-25-16-11)23-5-10(20)21/h4-5,7,12H,6,8H2,1-3H3;1-2,4,9H,3,5H2,(H,20,21). The molecule has 6 aromatic rings. The van der Waals surface area contributed by atoms with Gasteiger partial charge in [-0.05, 0) is 101 Å². The molecule has 1 N–H and O–H groups in total. The first-order valence-corrected chi connectivity index (χ1v) is 15.9. The summed E-state index contributed by atoms with van der Waals surface area (Å²) in [5.41, 5.74) is 2.29. The normalized spacial score (nSPS) is 15.5. The molecule has 4 aromatic heterocycles. The average Bonchev–Trinajstić information content (AvgIpc) is 3.90. The van der Waals surface area contributed by atoms with Crippen molar-refractivity contribution < 1.29 is 56.0 Å². The van der Waals surface area contributed by atoms with E-state index in [1.54, 1.807) is 32.9 Å². The summed E-state index contributed by atoms with van der Waals surface area (Å²) in [4.78, 5) is 46.8. The van der Waals surface area contributed by atoms with Crippen molar-refractivity contribution in [3.05, 3.63) is 91.4 Å². The highest BCUT2D eigenvalue weighted by molar-refractivity contribution is 5.72. The van der Waals surface area contributed by atoms with E-state index in [1.807, 2.05) is 0 Å². The number of hydrogen-bond acceptors (Lipinski definition) is 17. The Morgan fingerprint density at radius 1 is 0.759 bits per heavy atom. The van der Waals surface area contributed by atoms with E-state index in [2.05, 4.69) is 44.7 Å². The van der Waals surface area contributed by atoms with Crippen LogP contribution >= 0.6 is 0 Å². The third-order valence-corrected chi connectivity index (χ3v) is 8.07. The minimum atomic E-state index is -1.23. The lowest BCUT2D eigenvalue weighted by molar-refractivity contribution is -0.157. The summed E-state index contributed by atoms with van der Waals surface area (Å²) >= 11 is 0. The van der Waals surface area contributed by atoms with Crippen molar-refractivity contribution in [2.24, 2.45) is 0 Å². The van der Waals surface area contributed by atoms with Crippen LogP contribution in [0.1, 0.15) is 55.1 Å². The van der Waals surface area contributed by atoms with Crippen LogP contribution < -0.4 is 21.0 Å². The third-order valence-electron chi connectivity index (χ3n) is 8.07. The number of halogens is 2. The smallest absolute Gasteiger partial charge is 0.442 e. The van der Waals surface area contributed by atoms with Gasteiger partial charge in [0.2, 0.25) is 23.0 Å². The van der Waals surface area contributed by atoms with E-state index in [1.165, 1.54) is 33.4 Å². The summed E-state index contributed by atoms with van der Waals surface area (Å²) in [6, 6.07) is 7.70. The first-order valence-electron chi connectivity index (χ1n) is 15.9. The summed E-state index contributed by atoms with van der Waals surface area (Å²) in [6.07, 6.45) is 0.962. The van der Waals surface area contributed by atoms with Gasteiger partial charge in [-0.1, -0.05) is 22.4 Å². The predicted octanol–water partition coefficient (Wildman–Crippen LogP) is 2.53. The highest BCUT2D eigenvalue weighted by atomic mass is 19.1. The summed E-state index contributed by atoms with van der Waals surface area (Å²) < 4.78 is 63.6. The molecule has 20 nitrogen and oxygen atoms in total. The maximum Gasteiger partial charge on any atom is 0.442 e. The quantitative estimate of drug-likeness (QED) is 0.197. The van der Waals surface area contributed by atoms with Gasteiger partial charge in [0.05, 0.1) is 12.1 Å². The average molecular weight is 753 g/mol. The molecule has 22 heteroatoms. The van der Waals surface area contributed by atoms with Crippen molar-refractivity contribution in [2.75, 3.05) is 13.2 Å². The number of benzene rings is 2. The molecule has 0 fully saturated rings. The van der Waals surface area contributed by atoms with Crippen molar-refractivity contribution in [3.8, 4) is 34.8 Å². The van der Waals surface area contributed by atoms with Crippen LogP contribution in [0.3, 0.4) is 0 Å². The Balaban J connectivity index is 0.000000168.